The lowest BCUT2D eigenvalue weighted by Gasteiger charge is -2.15. The largest absolute Gasteiger partial charge is 0.373 e. The van der Waals surface area contributed by atoms with Crippen LogP contribution in [0.4, 0.5) is 0 Å². The van der Waals surface area contributed by atoms with Gasteiger partial charge in [0.1, 0.15) is 0 Å². The molecule has 0 saturated heterocycles. The summed E-state index contributed by atoms with van der Waals surface area (Å²) in [5.41, 5.74) is 1.75. The number of benzene rings is 1. The summed E-state index contributed by atoms with van der Waals surface area (Å²) in [7, 11) is 0. The molecule has 2 rings (SSSR count). The van der Waals surface area contributed by atoms with Crippen molar-refractivity contribution >= 4 is 0 Å². The van der Waals surface area contributed by atoms with E-state index in [1.807, 2.05) is 24.3 Å². The monoisotopic (exact) mass is 229 g/mol. The Morgan fingerprint density at radius 1 is 1.12 bits per heavy atom. The molecular weight excluding hydrogens is 210 g/mol. The van der Waals surface area contributed by atoms with Crippen molar-refractivity contribution in [3.05, 3.63) is 35.4 Å². The molecule has 0 heterocycles. The Morgan fingerprint density at radius 3 is 2.53 bits per heavy atom. The fourth-order valence-electron chi connectivity index (χ4n) is 2.37. The highest BCUT2D eigenvalue weighted by atomic mass is 16.5. The molecule has 0 aliphatic heterocycles. The molecule has 0 unspecified atom stereocenters. The van der Waals surface area contributed by atoms with Crippen molar-refractivity contribution in [2.24, 2.45) is 0 Å². The smallest absolute Gasteiger partial charge is 0.0995 e. The van der Waals surface area contributed by atoms with Gasteiger partial charge in [0, 0.05) is 0 Å². The minimum Gasteiger partial charge on any atom is -0.373 e. The first-order chi connectivity index (χ1) is 8.40. The Bertz CT molecular complexity index is 386. The van der Waals surface area contributed by atoms with Crippen LogP contribution >= 0.6 is 0 Å². The third-order valence-electron chi connectivity index (χ3n) is 3.41. The van der Waals surface area contributed by atoms with E-state index in [1.54, 1.807) is 0 Å². The quantitative estimate of drug-likeness (QED) is 0.739. The van der Waals surface area contributed by atoms with Crippen molar-refractivity contribution in [1.29, 1.82) is 5.26 Å². The van der Waals surface area contributed by atoms with Crippen molar-refractivity contribution in [2.75, 3.05) is 0 Å². The number of nitrogens with zero attached hydrogens (tertiary/aromatic N) is 1. The summed E-state index contributed by atoms with van der Waals surface area (Å²) >= 11 is 0. The van der Waals surface area contributed by atoms with Gasteiger partial charge in [-0.25, -0.2) is 0 Å². The van der Waals surface area contributed by atoms with Gasteiger partial charge in [0.25, 0.3) is 0 Å². The van der Waals surface area contributed by atoms with Gasteiger partial charge in [-0.15, -0.1) is 0 Å². The molecule has 1 aromatic rings. The molecule has 17 heavy (non-hydrogen) atoms. The standard InChI is InChI=1S/C15H19NO/c16-11-13-7-5-6-8-14(13)12-17-15-9-3-1-2-4-10-15/h5-8,15H,1-4,9-10,12H2. The predicted molar refractivity (Wildman–Crippen MR) is 67.4 cm³/mol. The van der Waals surface area contributed by atoms with Crippen LogP contribution in [0.15, 0.2) is 24.3 Å². The van der Waals surface area contributed by atoms with Crippen molar-refractivity contribution in [2.45, 2.75) is 51.2 Å². The Morgan fingerprint density at radius 2 is 1.82 bits per heavy atom. The molecule has 0 atom stereocenters. The van der Waals surface area contributed by atoms with Gasteiger partial charge < -0.3 is 4.74 Å². The maximum Gasteiger partial charge on any atom is 0.0995 e. The van der Waals surface area contributed by atoms with Crippen LogP contribution in [-0.4, -0.2) is 6.10 Å². The topological polar surface area (TPSA) is 33.0 Å². The van der Waals surface area contributed by atoms with Crippen LogP contribution in [0, 0.1) is 11.3 Å². The first kappa shape index (κ1) is 12.1. The highest BCUT2D eigenvalue weighted by Crippen LogP contribution is 2.21. The van der Waals surface area contributed by atoms with Crippen LogP contribution in [0.2, 0.25) is 0 Å². The molecule has 1 fully saturated rings. The average molecular weight is 229 g/mol. The van der Waals surface area contributed by atoms with Gasteiger partial charge in [0.05, 0.1) is 24.3 Å². The molecule has 1 aliphatic carbocycles. The van der Waals surface area contributed by atoms with Crippen molar-refractivity contribution in [1.82, 2.24) is 0 Å². The Balaban J connectivity index is 1.90. The summed E-state index contributed by atoms with van der Waals surface area (Å²) in [5.74, 6) is 0. The fourth-order valence-corrected chi connectivity index (χ4v) is 2.37. The average Bonchev–Trinajstić information content (AvgIpc) is 2.65. The molecule has 0 aromatic heterocycles. The first-order valence-corrected chi connectivity index (χ1v) is 6.50. The molecule has 0 radical (unpaired) electrons. The number of ether oxygens (including phenoxy) is 1. The zero-order valence-corrected chi connectivity index (χ0v) is 10.2. The van der Waals surface area contributed by atoms with Crippen molar-refractivity contribution in [3.8, 4) is 6.07 Å². The van der Waals surface area contributed by atoms with Crippen LogP contribution in [0.1, 0.15) is 49.7 Å². The highest BCUT2D eigenvalue weighted by molar-refractivity contribution is 5.36. The maximum absolute atomic E-state index is 8.99. The normalized spacial score (nSPS) is 17.4. The summed E-state index contributed by atoms with van der Waals surface area (Å²) in [6, 6.07) is 9.91. The van der Waals surface area contributed by atoms with E-state index in [0.29, 0.717) is 12.7 Å². The Labute approximate surface area is 103 Å². The SMILES string of the molecule is N#Cc1ccccc1COC1CCCCCC1. The molecule has 1 saturated carbocycles. The summed E-state index contributed by atoms with van der Waals surface area (Å²) < 4.78 is 5.94. The highest BCUT2D eigenvalue weighted by Gasteiger charge is 2.13. The molecule has 1 aromatic carbocycles. The van der Waals surface area contributed by atoms with Gasteiger partial charge in [-0.2, -0.15) is 5.26 Å². The Hall–Kier alpha value is -1.33. The summed E-state index contributed by atoms with van der Waals surface area (Å²) in [6.45, 7) is 0.578. The van der Waals surface area contributed by atoms with Crippen molar-refractivity contribution in [3.63, 3.8) is 0 Å². The van der Waals surface area contributed by atoms with Gasteiger partial charge in [-0.3, -0.25) is 0 Å². The van der Waals surface area contributed by atoms with Gasteiger partial charge in [-0.05, 0) is 24.5 Å². The van der Waals surface area contributed by atoms with E-state index in [0.717, 1.165) is 11.1 Å². The van der Waals surface area contributed by atoms with Gasteiger partial charge in [-0.1, -0.05) is 43.9 Å². The third kappa shape index (κ3) is 3.57. The van der Waals surface area contributed by atoms with Gasteiger partial charge in [0.2, 0.25) is 0 Å². The first-order valence-electron chi connectivity index (χ1n) is 6.50. The van der Waals surface area contributed by atoms with E-state index >= 15 is 0 Å². The Kier molecular flexibility index (Phi) is 4.58. The molecule has 0 bridgehead atoms. The lowest BCUT2D eigenvalue weighted by atomic mass is 10.1. The van der Waals surface area contributed by atoms with Gasteiger partial charge >= 0.3 is 0 Å². The zero-order chi connectivity index (χ0) is 11.9. The predicted octanol–water partition coefficient (Wildman–Crippen LogP) is 3.80. The third-order valence-corrected chi connectivity index (χ3v) is 3.41. The maximum atomic E-state index is 8.99. The summed E-state index contributed by atoms with van der Waals surface area (Å²) in [6.07, 6.45) is 7.99. The van der Waals surface area contributed by atoms with E-state index in [2.05, 4.69) is 6.07 Å². The molecule has 0 spiro atoms. The summed E-state index contributed by atoms with van der Waals surface area (Å²) in [5, 5.41) is 8.99. The molecule has 90 valence electrons. The second-order valence-corrected chi connectivity index (χ2v) is 4.69. The van der Waals surface area contributed by atoms with E-state index < -0.39 is 0 Å². The van der Waals surface area contributed by atoms with E-state index in [4.69, 9.17) is 10.00 Å². The second kappa shape index (κ2) is 6.42. The molecule has 2 heteroatoms. The number of rotatable bonds is 3. The molecule has 0 N–H and O–H groups in total. The molecular formula is C15H19NO. The van der Waals surface area contributed by atoms with Crippen LogP contribution < -0.4 is 0 Å². The number of nitriles is 1. The minimum atomic E-state index is 0.393. The van der Waals surface area contributed by atoms with E-state index in [9.17, 15) is 0 Å². The number of hydrogen-bond donors (Lipinski definition) is 0. The van der Waals surface area contributed by atoms with Crippen LogP contribution in [0.5, 0.6) is 0 Å². The minimum absolute atomic E-state index is 0.393. The van der Waals surface area contributed by atoms with E-state index in [-0.39, 0.29) is 0 Å². The fraction of sp³-hybridized carbons (Fsp3) is 0.533. The van der Waals surface area contributed by atoms with Crippen molar-refractivity contribution < 1.29 is 4.74 Å². The van der Waals surface area contributed by atoms with Gasteiger partial charge in [0.15, 0.2) is 0 Å². The van der Waals surface area contributed by atoms with Crippen LogP contribution in [-0.2, 0) is 11.3 Å². The molecule has 2 nitrogen and oxygen atoms in total. The van der Waals surface area contributed by atoms with Crippen LogP contribution in [0.25, 0.3) is 0 Å². The summed E-state index contributed by atoms with van der Waals surface area (Å²) in [4.78, 5) is 0. The second-order valence-electron chi connectivity index (χ2n) is 4.69. The lowest BCUT2D eigenvalue weighted by Crippen LogP contribution is -2.11. The van der Waals surface area contributed by atoms with Crippen LogP contribution in [0.3, 0.4) is 0 Å². The molecule has 0 amide bonds. The molecule has 1 aliphatic rings. The number of hydrogen-bond acceptors (Lipinski definition) is 2. The zero-order valence-electron chi connectivity index (χ0n) is 10.2. The van der Waals surface area contributed by atoms with E-state index in [1.165, 1.54) is 38.5 Å². The lowest BCUT2D eigenvalue weighted by molar-refractivity contribution is 0.0309.